The highest BCUT2D eigenvalue weighted by Crippen LogP contribution is 2.33. The number of hydrogen-bond donors (Lipinski definition) is 2. The number of aromatic nitrogens is 1. The zero-order chi connectivity index (χ0) is 13.1. The minimum atomic E-state index is 0.281. The molecule has 0 saturated heterocycles. The van der Waals surface area contributed by atoms with E-state index >= 15 is 0 Å². The number of rotatable bonds is 3. The summed E-state index contributed by atoms with van der Waals surface area (Å²) in [4.78, 5) is 4.30. The second kappa shape index (κ2) is 5.52. The summed E-state index contributed by atoms with van der Waals surface area (Å²) in [6.45, 7) is 0. The second-order valence-corrected chi connectivity index (χ2v) is 4.76. The maximum Gasteiger partial charge on any atom is 0.106 e. The smallest absolute Gasteiger partial charge is 0.106 e. The lowest BCUT2D eigenvalue weighted by molar-refractivity contribution is 1.31. The Bertz CT molecular complexity index is 581. The Morgan fingerprint density at radius 1 is 1.22 bits per heavy atom. The van der Waals surface area contributed by atoms with E-state index in [1.165, 1.54) is 0 Å². The molecule has 0 unspecified atom stereocenters. The Hall–Kier alpha value is -1.36. The van der Waals surface area contributed by atoms with Gasteiger partial charge in [0, 0.05) is 11.8 Å². The number of nitrogens with one attached hydrogen (secondary N) is 1. The van der Waals surface area contributed by atoms with Crippen LogP contribution in [0.2, 0.25) is 10.0 Å². The zero-order valence-electron chi connectivity index (χ0n) is 9.15. The number of nitrogens with zero attached hydrogens (tertiary/aromatic N) is 1. The third kappa shape index (κ3) is 2.72. The van der Waals surface area contributed by atoms with Gasteiger partial charge in [0.25, 0.3) is 0 Å². The molecule has 3 nitrogen and oxygen atoms in total. The summed E-state index contributed by atoms with van der Waals surface area (Å²) in [5, 5.41) is 4.12. The molecular formula is C12H9Cl2N3S. The van der Waals surface area contributed by atoms with Gasteiger partial charge in [0.15, 0.2) is 0 Å². The van der Waals surface area contributed by atoms with E-state index in [-0.39, 0.29) is 4.99 Å². The van der Waals surface area contributed by atoms with Crippen LogP contribution in [0.5, 0.6) is 0 Å². The van der Waals surface area contributed by atoms with E-state index in [0.717, 1.165) is 0 Å². The number of nitrogens with two attached hydrogens (primary N) is 1. The molecule has 0 amide bonds. The van der Waals surface area contributed by atoms with Gasteiger partial charge in [-0.05, 0) is 18.2 Å². The van der Waals surface area contributed by atoms with Crippen molar-refractivity contribution >= 4 is 51.8 Å². The van der Waals surface area contributed by atoms with Gasteiger partial charge in [-0.25, -0.2) is 0 Å². The molecule has 0 saturated carbocycles. The molecule has 3 N–H and O–H groups in total. The summed E-state index contributed by atoms with van der Waals surface area (Å²) < 4.78 is 0. The van der Waals surface area contributed by atoms with Gasteiger partial charge >= 0.3 is 0 Å². The number of anilines is 2. The van der Waals surface area contributed by atoms with Crippen molar-refractivity contribution < 1.29 is 0 Å². The molecule has 0 aliphatic heterocycles. The first-order valence-corrected chi connectivity index (χ1v) is 6.21. The zero-order valence-corrected chi connectivity index (χ0v) is 11.5. The lowest BCUT2D eigenvalue weighted by atomic mass is 10.2. The van der Waals surface area contributed by atoms with Crippen LogP contribution in [0.4, 0.5) is 11.4 Å². The first-order chi connectivity index (χ1) is 8.59. The second-order valence-electron chi connectivity index (χ2n) is 3.51. The molecule has 0 aliphatic carbocycles. The van der Waals surface area contributed by atoms with Crippen LogP contribution in [-0.2, 0) is 0 Å². The maximum absolute atomic E-state index is 6.08. The van der Waals surface area contributed by atoms with E-state index in [0.29, 0.717) is 27.0 Å². The van der Waals surface area contributed by atoms with Gasteiger partial charge in [0.05, 0.1) is 27.6 Å². The van der Waals surface area contributed by atoms with E-state index < -0.39 is 0 Å². The SMILES string of the molecule is NC(=S)c1ccncc1Nc1c(Cl)cccc1Cl. The number of para-hydroxylation sites is 1. The normalized spacial score (nSPS) is 10.1. The highest BCUT2D eigenvalue weighted by atomic mass is 35.5. The standard InChI is InChI=1S/C12H9Cl2N3S/c13-8-2-1-3-9(14)11(8)17-10-6-16-5-4-7(10)12(15)18/h1-6,17H,(H2,15,18). The third-order valence-electron chi connectivity index (χ3n) is 2.31. The summed E-state index contributed by atoms with van der Waals surface area (Å²) in [5.74, 6) is 0. The van der Waals surface area contributed by atoms with Crippen molar-refractivity contribution in [2.24, 2.45) is 5.73 Å². The van der Waals surface area contributed by atoms with Crippen molar-refractivity contribution in [1.29, 1.82) is 0 Å². The molecule has 0 atom stereocenters. The van der Waals surface area contributed by atoms with Gasteiger partial charge in [-0.15, -0.1) is 0 Å². The highest BCUT2D eigenvalue weighted by molar-refractivity contribution is 7.80. The molecule has 0 bridgehead atoms. The van der Waals surface area contributed by atoms with Crippen LogP contribution < -0.4 is 11.1 Å². The first-order valence-electron chi connectivity index (χ1n) is 5.04. The minimum absolute atomic E-state index is 0.281. The van der Waals surface area contributed by atoms with Crippen molar-refractivity contribution in [2.75, 3.05) is 5.32 Å². The van der Waals surface area contributed by atoms with Gasteiger partial charge in [-0.3, -0.25) is 4.98 Å². The predicted molar refractivity (Wildman–Crippen MR) is 79.9 cm³/mol. The Kier molecular flexibility index (Phi) is 4.01. The Morgan fingerprint density at radius 2 is 1.89 bits per heavy atom. The molecule has 1 aromatic carbocycles. The molecule has 0 spiro atoms. The Morgan fingerprint density at radius 3 is 2.50 bits per heavy atom. The largest absolute Gasteiger partial charge is 0.389 e. The molecule has 92 valence electrons. The Balaban J connectivity index is 2.43. The lowest BCUT2D eigenvalue weighted by Gasteiger charge is -2.13. The Labute approximate surface area is 120 Å². The summed E-state index contributed by atoms with van der Waals surface area (Å²) >= 11 is 17.1. The molecule has 0 radical (unpaired) electrons. The average Bonchev–Trinajstić information content (AvgIpc) is 2.34. The summed E-state index contributed by atoms with van der Waals surface area (Å²) in [5.41, 5.74) is 7.60. The fraction of sp³-hybridized carbons (Fsp3) is 0. The average molecular weight is 298 g/mol. The fourth-order valence-electron chi connectivity index (χ4n) is 1.46. The molecule has 1 heterocycles. The molecular weight excluding hydrogens is 289 g/mol. The molecule has 2 aromatic rings. The van der Waals surface area contributed by atoms with Crippen LogP contribution in [-0.4, -0.2) is 9.97 Å². The number of pyridine rings is 1. The van der Waals surface area contributed by atoms with Crippen molar-refractivity contribution in [3.63, 3.8) is 0 Å². The van der Waals surface area contributed by atoms with E-state index in [2.05, 4.69) is 10.3 Å². The van der Waals surface area contributed by atoms with Gasteiger partial charge in [0.2, 0.25) is 0 Å². The molecule has 0 aliphatic rings. The monoisotopic (exact) mass is 297 g/mol. The van der Waals surface area contributed by atoms with Crippen LogP contribution in [0.1, 0.15) is 5.56 Å². The third-order valence-corrected chi connectivity index (χ3v) is 3.16. The molecule has 1 aromatic heterocycles. The van der Waals surface area contributed by atoms with E-state index in [1.807, 2.05) is 0 Å². The van der Waals surface area contributed by atoms with Crippen molar-refractivity contribution in [1.82, 2.24) is 4.98 Å². The van der Waals surface area contributed by atoms with Gasteiger partial charge < -0.3 is 11.1 Å². The summed E-state index contributed by atoms with van der Waals surface area (Å²) in [6, 6.07) is 6.99. The van der Waals surface area contributed by atoms with Crippen LogP contribution in [0, 0.1) is 0 Å². The fourth-order valence-corrected chi connectivity index (χ4v) is 2.13. The van der Waals surface area contributed by atoms with E-state index in [4.69, 9.17) is 41.2 Å². The maximum atomic E-state index is 6.08. The molecule has 6 heteroatoms. The number of hydrogen-bond acceptors (Lipinski definition) is 3. The van der Waals surface area contributed by atoms with Crippen LogP contribution in [0.25, 0.3) is 0 Å². The van der Waals surface area contributed by atoms with Crippen molar-refractivity contribution in [2.45, 2.75) is 0 Å². The molecule has 2 rings (SSSR count). The number of thiocarbonyl (C=S) groups is 1. The predicted octanol–water partition coefficient (Wildman–Crippen LogP) is 3.77. The van der Waals surface area contributed by atoms with Crippen LogP contribution >= 0.6 is 35.4 Å². The quantitative estimate of drug-likeness (QED) is 0.847. The van der Waals surface area contributed by atoms with Gasteiger partial charge in [-0.2, -0.15) is 0 Å². The highest BCUT2D eigenvalue weighted by Gasteiger charge is 2.09. The molecule has 18 heavy (non-hydrogen) atoms. The van der Waals surface area contributed by atoms with E-state index in [9.17, 15) is 0 Å². The van der Waals surface area contributed by atoms with Gasteiger partial charge in [-0.1, -0.05) is 41.5 Å². The molecule has 0 fully saturated rings. The minimum Gasteiger partial charge on any atom is -0.389 e. The number of benzene rings is 1. The summed E-state index contributed by atoms with van der Waals surface area (Å²) in [6.07, 6.45) is 3.24. The van der Waals surface area contributed by atoms with Crippen molar-refractivity contribution in [3.05, 3.63) is 52.3 Å². The lowest BCUT2D eigenvalue weighted by Crippen LogP contribution is -2.12. The van der Waals surface area contributed by atoms with Gasteiger partial charge in [0.1, 0.15) is 4.99 Å². The summed E-state index contributed by atoms with van der Waals surface area (Å²) in [7, 11) is 0. The van der Waals surface area contributed by atoms with E-state index in [1.54, 1.807) is 36.7 Å². The first kappa shape index (κ1) is 13.1. The topological polar surface area (TPSA) is 50.9 Å². The van der Waals surface area contributed by atoms with Crippen LogP contribution in [0.15, 0.2) is 36.7 Å². The number of halogens is 2. The van der Waals surface area contributed by atoms with Crippen LogP contribution in [0.3, 0.4) is 0 Å². The van der Waals surface area contributed by atoms with Crippen molar-refractivity contribution in [3.8, 4) is 0 Å².